The summed E-state index contributed by atoms with van der Waals surface area (Å²) in [4.78, 5) is 12.1. The Hall–Kier alpha value is -2.93. The van der Waals surface area contributed by atoms with Gasteiger partial charge in [0.1, 0.15) is 11.5 Å². The molecule has 140 valence electrons. The summed E-state index contributed by atoms with van der Waals surface area (Å²) < 4.78 is 15.9. The Morgan fingerprint density at radius 3 is 2.35 bits per heavy atom. The molecule has 0 aromatic heterocycles. The van der Waals surface area contributed by atoms with Gasteiger partial charge in [-0.25, -0.2) is 0 Å². The topological polar surface area (TPSA) is 97.3 Å². The summed E-state index contributed by atoms with van der Waals surface area (Å²) in [5.41, 5.74) is 0.593. The van der Waals surface area contributed by atoms with Crippen LogP contribution in [-0.4, -0.2) is 43.0 Å². The summed E-state index contributed by atoms with van der Waals surface area (Å²) in [7, 11) is 3.04. The Balaban J connectivity index is 1.90. The van der Waals surface area contributed by atoms with Crippen LogP contribution in [0.15, 0.2) is 42.5 Å². The van der Waals surface area contributed by atoms with Gasteiger partial charge in [0, 0.05) is 6.54 Å². The Labute approximate surface area is 152 Å². The van der Waals surface area contributed by atoms with Crippen LogP contribution in [-0.2, 0) is 4.79 Å². The first-order valence-corrected chi connectivity index (χ1v) is 8.08. The van der Waals surface area contributed by atoms with Crippen LogP contribution >= 0.6 is 0 Å². The van der Waals surface area contributed by atoms with Gasteiger partial charge in [0.15, 0.2) is 17.6 Å². The molecule has 0 aliphatic heterocycles. The lowest BCUT2D eigenvalue weighted by Gasteiger charge is -2.18. The highest BCUT2D eigenvalue weighted by Crippen LogP contribution is 2.29. The zero-order valence-electron chi connectivity index (χ0n) is 14.9. The van der Waals surface area contributed by atoms with Crippen molar-refractivity contribution in [3.8, 4) is 23.0 Å². The first kappa shape index (κ1) is 19.4. The molecule has 2 aromatic carbocycles. The molecule has 1 amide bonds. The van der Waals surface area contributed by atoms with Crippen molar-refractivity contribution in [2.24, 2.45) is 0 Å². The van der Waals surface area contributed by atoms with Gasteiger partial charge in [0.25, 0.3) is 5.91 Å². The third kappa shape index (κ3) is 5.03. The number of benzene rings is 2. The minimum atomic E-state index is -0.903. The molecule has 0 aliphatic rings. The maximum absolute atomic E-state index is 12.1. The number of aromatic hydroxyl groups is 1. The van der Waals surface area contributed by atoms with Gasteiger partial charge in [-0.1, -0.05) is 6.07 Å². The number of phenolic OH excluding ortho intramolecular Hbond substituents is 1. The van der Waals surface area contributed by atoms with E-state index >= 15 is 0 Å². The van der Waals surface area contributed by atoms with Gasteiger partial charge in [0.2, 0.25) is 0 Å². The van der Waals surface area contributed by atoms with Crippen LogP contribution in [0.4, 0.5) is 0 Å². The number of aliphatic hydroxyl groups excluding tert-OH is 1. The largest absolute Gasteiger partial charge is 0.508 e. The van der Waals surface area contributed by atoms with E-state index in [0.29, 0.717) is 22.8 Å². The molecule has 2 aromatic rings. The summed E-state index contributed by atoms with van der Waals surface area (Å²) in [5, 5.41) is 22.2. The van der Waals surface area contributed by atoms with E-state index in [2.05, 4.69) is 5.32 Å². The van der Waals surface area contributed by atoms with Crippen LogP contribution in [0.25, 0.3) is 0 Å². The first-order valence-electron chi connectivity index (χ1n) is 8.08. The highest BCUT2D eigenvalue weighted by atomic mass is 16.5. The average Bonchev–Trinajstić information content (AvgIpc) is 2.66. The van der Waals surface area contributed by atoms with Gasteiger partial charge in [-0.05, 0) is 48.9 Å². The molecule has 0 fully saturated rings. The van der Waals surface area contributed by atoms with Crippen molar-refractivity contribution in [1.29, 1.82) is 0 Å². The lowest BCUT2D eigenvalue weighted by Crippen LogP contribution is -2.38. The first-order chi connectivity index (χ1) is 12.4. The zero-order valence-corrected chi connectivity index (χ0v) is 14.9. The van der Waals surface area contributed by atoms with E-state index in [9.17, 15) is 15.0 Å². The van der Waals surface area contributed by atoms with E-state index in [4.69, 9.17) is 14.2 Å². The van der Waals surface area contributed by atoms with E-state index in [-0.39, 0.29) is 18.2 Å². The minimum Gasteiger partial charge on any atom is -0.508 e. The van der Waals surface area contributed by atoms with Crippen LogP contribution in [0.2, 0.25) is 0 Å². The predicted octanol–water partition coefficient (Wildman–Crippen LogP) is 2.03. The van der Waals surface area contributed by atoms with Crippen molar-refractivity contribution in [1.82, 2.24) is 5.32 Å². The number of nitrogens with one attached hydrogen (secondary N) is 1. The monoisotopic (exact) mass is 361 g/mol. The fraction of sp³-hybridized carbons (Fsp3) is 0.316. The lowest BCUT2D eigenvalue weighted by molar-refractivity contribution is -0.127. The number of hydrogen-bond donors (Lipinski definition) is 3. The number of hydrogen-bond acceptors (Lipinski definition) is 6. The third-order valence-electron chi connectivity index (χ3n) is 3.78. The number of amides is 1. The van der Waals surface area contributed by atoms with E-state index in [1.165, 1.54) is 26.4 Å². The van der Waals surface area contributed by atoms with E-state index in [1.807, 2.05) is 0 Å². The second-order valence-electron chi connectivity index (χ2n) is 5.63. The fourth-order valence-corrected chi connectivity index (χ4v) is 2.30. The van der Waals surface area contributed by atoms with Gasteiger partial charge < -0.3 is 29.7 Å². The molecule has 26 heavy (non-hydrogen) atoms. The standard InChI is InChI=1S/C19H23NO6/c1-12(26-15-7-5-14(21)6-8-15)19(23)20-11-16(22)13-4-9-17(24-2)18(10-13)25-3/h4-10,12,16,21-22H,11H2,1-3H3,(H,20,23). The Morgan fingerprint density at radius 1 is 1.08 bits per heavy atom. The Morgan fingerprint density at radius 2 is 1.73 bits per heavy atom. The molecule has 0 saturated heterocycles. The molecule has 3 N–H and O–H groups in total. The summed E-state index contributed by atoms with van der Waals surface area (Å²) in [5.74, 6) is 1.28. The zero-order chi connectivity index (χ0) is 19.1. The normalized spacial score (nSPS) is 12.8. The van der Waals surface area contributed by atoms with Gasteiger partial charge in [-0.2, -0.15) is 0 Å². The molecule has 2 unspecified atom stereocenters. The lowest BCUT2D eigenvalue weighted by atomic mass is 10.1. The molecule has 7 nitrogen and oxygen atoms in total. The molecule has 0 aliphatic carbocycles. The molecule has 0 heterocycles. The van der Waals surface area contributed by atoms with E-state index in [1.54, 1.807) is 37.3 Å². The molecule has 0 saturated carbocycles. The van der Waals surface area contributed by atoms with E-state index < -0.39 is 12.2 Å². The molecule has 0 bridgehead atoms. The van der Waals surface area contributed by atoms with Gasteiger partial charge in [-0.3, -0.25) is 4.79 Å². The second kappa shape index (κ2) is 8.96. The highest BCUT2D eigenvalue weighted by Gasteiger charge is 2.17. The van der Waals surface area contributed by atoms with Crippen molar-refractivity contribution in [2.75, 3.05) is 20.8 Å². The van der Waals surface area contributed by atoms with Crippen LogP contribution in [0.1, 0.15) is 18.6 Å². The summed E-state index contributed by atoms with van der Waals surface area (Å²) in [6.07, 6.45) is -1.66. The summed E-state index contributed by atoms with van der Waals surface area (Å²) in [6, 6.07) is 11.1. The van der Waals surface area contributed by atoms with Crippen LogP contribution < -0.4 is 19.5 Å². The molecule has 0 spiro atoms. The molecule has 2 rings (SSSR count). The molecular weight excluding hydrogens is 338 g/mol. The number of rotatable bonds is 8. The quantitative estimate of drug-likeness (QED) is 0.666. The Bertz CT molecular complexity index is 731. The van der Waals surface area contributed by atoms with Crippen LogP contribution in [0.3, 0.4) is 0 Å². The maximum Gasteiger partial charge on any atom is 0.260 e. The number of ether oxygens (including phenoxy) is 3. The molecule has 2 atom stereocenters. The van der Waals surface area contributed by atoms with Crippen LogP contribution in [0, 0.1) is 0 Å². The van der Waals surface area contributed by atoms with Gasteiger partial charge in [-0.15, -0.1) is 0 Å². The Kier molecular flexibility index (Phi) is 6.68. The summed E-state index contributed by atoms with van der Waals surface area (Å²) in [6.45, 7) is 1.63. The number of carbonyl (C=O) groups excluding carboxylic acids is 1. The molecular formula is C19H23NO6. The van der Waals surface area contributed by atoms with Crippen molar-refractivity contribution in [3.05, 3.63) is 48.0 Å². The fourth-order valence-electron chi connectivity index (χ4n) is 2.30. The van der Waals surface area contributed by atoms with Crippen molar-refractivity contribution < 1.29 is 29.2 Å². The van der Waals surface area contributed by atoms with Gasteiger partial charge in [0.05, 0.1) is 20.3 Å². The number of methoxy groups -OCH3 is 2. The van der Waals surface area contributed by atoms with E-state index in [0.717, 1.165) is 0 Å². The second-order valence-corrected chi connectivity index (χ2v) is 5.63. The smallest absolute Gasteiger partial charge is 0.260 e. The minimum absolute atomic E-state index is 0.0254. The molecule has 7 heteroatoms. The third-order valence-corrected chi connectivity index (χ3v) is 3.78. The van der Waals surface area contributed by atoms with Crippen molar-refractivity contribution in [3.63, 3.8) is 0 Å². The SMILES string of the molecule is COc1ccc(C(O)CNC(=O)C(C)Oc2ccc(O)cc2)cc1OC. The number of carbonyl (C=O) groups is 1. The highest BCUT2D eigenvalue weighted by molar-refractivity contribution is 5.80. The van der Waals surface area contributed by atoms with Crippen molar-refractivity contribution >= 4 is 5.91 Å². The number of phenols is 1. The summed E-state index contributed by atoms with van der Waals surface area (Å²) >= 11 is 0. The molecule has 0 radical (unpaired) electrons. The van der Waals surface area contributed by atoms with Gasteiger partial charge >= 0.3 is 0 Å². The predicted molar refractivity (Wildman–Crippen MR) is 95.7 cm³/mol. The van der Waals surface area contributed by atoms with Crippen molar-refractivity contribution in [2.45, 2.75) is 19.1 Å². The maximum atomic E-state index is 12.1. The number of aliphatic hydroxyl groups is 1. The average molecular weight is 361 g/mol. The van der Waals surface area contributed by atoms with Crippen LogP contribution in [0.5, 0.6) is 23.0 Å².